The van der Waals surface area contributed by atoms with Crippen molar-refractivity contribution < 1.29 is 17.5 Å². The van der Waals surface area contributed by atoms with Crippen molar-refractivity contribution in [3.63, 3.8) is 0 Å². The third-order valence-electron chi connectivity index (χ3n) is 4.60. The highest BCUT2D eigenvalue weighted by Gasteiger charge is 2.18. The minimum absolute atomic E-state index is 0.0212. The van der Waals surface area contributed by atoms with E-state index in [1.165, 1.54) is 30.0 Å². The third kappa shape index (κ3) is 4.74. The van der Waals surface area contributed by atoms with Crippen LogP contribution in [0, 0.1) is 19.7 Å². The Bertz CT molecular complexity index is 1220. The molecule has 0 aliphatic carbocycles. The Balaban J connectivity index is 1.76. The van der Waals surface area contributed by atoms with Gasteiger partial charge in [-0.2, -0.15) is 5.10 Å². The summed E-state index contributed by atoms with van der Waals surface area (Å²) in [6.45, 7) is 3.48. The van der Waals surface area contributed by atoms with Gasteiger partial charge in [-0.1, -0.05) is 0 Å². The first-order valence-electron chi connectivity index (χ1n) is 9.20. The van der Waals surface area contributed by atoms with E-state index >= 15 is 0 Å². The molecule has 0 saturated carbocycles. The SMILES string of the molecule is COc1cc(C)c(S(=O)(=O)NCCn2nc(-c3ccc(F)cc3)ccc2=O)cc1C. The minimum Gasteiger partial charge on any atom is -0.496 e. The average molecular weight is 431 g/mol. The molecule has 0 atom stereocenters. The van der Waals surface area contributed by atoms with Gasteiger partial charge in [0.25, 0.3) is 5.56 Å². The van der Waals surface area contributed by atoms with Crippen molar-refractivity contribution in [2.45, 2.75) is 25.3 Å². The number of nitrogens with zero attached hydrogens (tertiary/aromatic N) is 2. The van der Waals surface area contributed by atoms with E-state index in [2.05, 4.69) is 9.82 Å². The van der Waals surface area contributed by atoms with E-state index in [-0.39, 0.29) is 29.4 Å². The highest BCUT2D eigenvalue weighted by atomic mass is 32.2. The molecule has 0 spiro atoms. The second kappa shape index (κ2) is 8.76. The summed E-state index contributed by atoms with van der Waals surface area (Å²) in [6.07, 6.45) is 0. The normalized spacial score (nSPS) is 11.5. The molecule has 0 radical (unpaired) electrons. The van der Waals surface area contributed by atoms with Crippen LogP contribution in [0.5, 0.6) is 5.75 Å². The molecule has 0 saturated heterocycles. The molecule has 1 N–H and O–H groups in total. The molecule has 0 aliphatic heterocycles. The lowest BCUT2D eigenvalue weighted by Crippen LogP contribution is -2.32. The molecule has 2 aromatic carbocycles. The van der Waals surface area contributed by atoms with Gasteiger partial charge in [0.1, 0.15) is 11.6 Å². The Kier molecular flexibility index (Phi) is 6.33. The first-order chi connectivity index (χ1) is 14.2. The quantitative estimate of drug-likeness (QED) is 0.621. The smallest absolute Gasteiger partial charge is 0.266 e. The van der Waals surface area contributed by atoms with Crippen molar-refractivity contribution in [3.8, 4) is 17.0 Å². The van der Waals surface area contributed by atoms with Gasteiger partial charge < -0.3 is 4.74 Å². The Hall–Kier alpha value is -3.04. The van der Waals surface area contributed by atoms with Gasteiger partial charge in [-0.3, -0.25) is 4.79 Å². The van der Waals surface area contributed by atoms with Gasteiger partial charge in [0, 0.05) is 18.2 Å². The van der Waals surface area contributed by atoms with E-state index in [4.69, 9.17) is 4.74 Å². The molecule has 0 bridgehead atoms. The zero-order valence-electron chi connectivity index (χ0n) is 16.8. The van der Waals surface area contributed by atoms with Crippen molar-refractivity contribution in [2.75, 3.05) is 13.7 Å². The molecule has 9 heteroatoms. The van der Waals surface area contributed by atoms with Crippen molar-refractivity contribution in [2.24, 2.45) is 0 Å². The fraction of sp³-hybridized carbons (Fsp3) is 0.238. The first kappa shape index (κ1) is 21.7. The van der Waals surface area contributed by atoms with E-state index in [0.29, 0.717) is 28.1 Å². The summed E-state index contributed by atoms with van der Waals surface area (Å²) in [5, 5.41) is 4.25. The molecular weight excluding hydrogens is 409 g/mol. The molecule has 3 aromatic rings. The van der Waals surface area contributed by atoms with E-state index in [1.54, 1.807) is 44.2 Å². The zero-order valence-corrected chi connectivity index (χ0v) is 17.7. The van der Waals surface area contributed by atoms with E-state index in [1.807, 2.05) is 0 Å². The predicted octanol–water partition coefficient (Wildman–Crippen LogP) is 2.65. The van der Waals surface area contributed by atoms with Crippen LogP contribution in [0.3, 0.4) is 0 Å². The van der Waals surface area contributed by atoms with E-state index < -0.39 is 10.0 Å². The van der Waals surface area contributed by atoms with Gasteiger partial charge in [0.2, 0.25) is 10.0 Å². The van der Waals surface area contributed by atoms with Crippen molar-refractivity contribution >= 4 is 10.0 Å². The maximum absolute atomic E-state index is 13.1. The number of aromatic nitrogens is 2. The Labute approximate surface area is 174 Å². The van der Waals surface area contributed by atoms with Gasteiger partial charge in [-0.25, -0.2) is 22.2 Å². The summed E-state index contributed by atoms with van der Waals surface area (Å²) in [5.74, 6) is 0.241. The van der Waals surface area contributed by atoms with Crippen LogP contribution in [-0.2, 0) is 16.6 Å². The van der Waals surface area contributed by atoms with Gasteiger partial charge >= 0.3 is 0 Å². The number of sulfonamides is 1. The molecule has 0 fully saturated rings. The fourth-order valence-electron chi connectivity index (χ4n) is 3.02. The molecule has 3 rings (SSSR count). The number of ether oxygens (including phenoxy) is 1. The largest absolute Gasteiger partial charge is 0.496 e. The number of hydrogen-bond acceptors (Lipinski definition) is 5. The topological polar surface area (TPSA) is 90.3 Å². The summed E-state index contributed by atoms with van der Waals surface area (Å²) in [7, 11) is -2.25. The van der Waals surface area contributed by atoms with Crippen molar-refractivity contribution in [3.05, 3.63) is 75.8 Å². The number of benzene rings is 2. The predicted molar refractivity (Wildman–Crippen MR) is 112 cm³/mol. The molecule has 30 heavy (non-hydrogen) atoms. The van der Waals surface area contributed by atoms with Crippen LogP contribution in [-0.4, -0.2) is 31.9 Å². The summed E-state index contributed by atoms with van der Waals surface area (Å²) in [5.41, 5.74) is 2.03. The molecule has 7 nitrogen and oxygen atoms in total. The zero-order chi connectivity index (χ0) is 21.9. The minimum atomic E-state index is -3.78. The van der Waals surface area contributed by atoms with Gasteiger partial charge in [-0.05, 0) is 67.4 Å². The molecule has 1 heterocycles. The molecule has 1 aromatic heterocycles. The van der Waals surface area contributed by atoms with E-state index in [9.17, 15) is 17.6 Å². The van der Waals surface area contributed by atoms with Crippen molar-refractivity contribution in [1.82, 2.24) is 14.5 Å². The average Bonchev–Trinajstić information content (AvgIpc) is 2.71. The monoisotopic (exact) mass is 431 g/mol. The first-order valence-corrected chi connectivity index (χ1v) is 10.7. The number of rotatable bonds is 7. The Morgan fingerprint density at radius 1 is 1.07 bits per heavy atom. The van der Waals surface area contributed by atoms with Crippen LogP contribution in [0.4, 0.5) is 4.39 Å². The highest BCUT2D eigenvalue weighted by molar-refractivity contribution is 7.89. The van der Waals surface area contributed by atoms with Gasteiger partial charge in [0.15, 0.2) is 0 Å². The maximum Gasteiger partial charge on any atom is 0.266 e. The number of hydrogen-bond donors (Lipinski definition) is 1. The molecule has 0 unspecified atom stereocenters. The van der Waals surface area contributed by atoms with Crippen LogP contribution < -0.4 is 15.0 Å². The Morgan fingerprint density at radius 3 is 2.43 bits per heavy atom. The second-order valence-corrected chi connectivity index (χ2v) is 8.51. The molecular formula is C21H22FN3O4S. The van der Waals surface area contributed by atoms with Crippen molar-refractivity contribution in [1.29, 1.82) is 0 Å². The maximum atomic E-state index is 13.1. The number of halogens is 1. The lowest BCUT2D eigenvalue weighted by atomic mass is 10.1. The highest BCUT2D eigenvalue weighted by Crippen LogP contribution is 2.25. The van der Waals surface area contributed by atoms with Gasteiger partial charge in [0.05, 0.1) is 24.2 Å². The van der Waals surface area contributed by atoms with Crippen LogP contribution >= 0.6 is 0 Å². The fourth-order valence-corrected chi connectivity index (χ4v) is 4.35. The summed E-state index contributed by atoms with van der Waals surface area (Å²) in [6, 6.07) is 11.8. The summed E-state index contributed by atoms with van der Waals surface area (Å²) in [4.78, 5) is 12.3. The Morgan fingerprint density at radius 2 is 1.77 bits per heavy atom. The van der Waals surface area contributed by atoms with Crippen LogP contribution in [0.2, 0.25) is 0 Å². The summed E-state index contributed by atoms with van der Waals surface area (Å²) >= 11 is 0. The second-order valence-electron chi connectivity index (χ2n) is 6.77. The molecule has 158 valence electrons. The third-order valence-corrected chi connectivity index (χ3v) is 6.21. The number of aryl methyl sites for hydroxylation is 2. The van der Waals surface area contributed by atoms with Crippen LogP contribution in [0.15, 0.2) is 58.2 Å². The lowest BCUT2D eigenvalue weighted by Gasteiger charge is -2.13. The number of nitrogens with one attached hydrogen (secondary N) is 1. The molecule has 0 amide bonds. The number of methoxy groups -OCH3 is 1. The lowest BCUT2D eigenvalue weighted by molar-refractivity contribution is 0.411. The van der Waals surface area contributed by atoms with E-state index in [0.717, 1.165) is 0 Å². The molecule has 0 aliphatic rings. The van der Waals surface area contributed by atoms with Crippen LogP contribution in [0.1, 0.15) is 11.1 Å². The standard InChI is InChI=1S/C21H22FN3O4S/c1-14-13-20(15(2)12-19(14)29-3)30(27,28)23-10-11-25-21(26)9-8-18(24-25)16-4-6-17(22)7-5-16/h4-9,12-13,23H,10-11H2,1-3H3. The van der Waals surface area contributed by atoms with Gasteiger partial charge in [-0.15, -0.1) is 0 Å². The van der Waals surface area contributed by atoms with Crippen LogP contribution in [0.25, 0.3) is 11.3 Å². The summed E-state index contributed by atoms with van der Waals surface area (Å²) < 4.78 is 47.4.